The van der Waals surface area contributed by atoms with E-state index in [1.165, 1.54) is 18.4 Å². The molecule has 18 heavy (non-hydrogen) atoms. The van der Waals surface area contributed by atoms with E-state index >= 15 is 0 Å². The van der Waals surface area contributed by atoms with Gasteiger partial charge in [0.1, 0.15) is 0 Å². The summed E-state index contributed by atoms with van der Waals surface area (Å²) in [7, 11) is 0. The molecule has 0 spiro atoms. The second kappa shape index (κ2) is 6.15. The first kappa shape index (κ1) is 14.0. The van der Waals surface area contributed by atoms with Crippen molar-refractivity contribution < 1.29 is 4.74 Å². The fourth-order valence-electron chi connectivity index (χ4n) is 2.31. The molecule has 2 N–H and O–H groups in total. The van der Waals surface area contributed by atoms with Crippen molar-refractivity contribution in [2.45, 2.75) is 44.8 Å². The molecule has 0 aliphatic heterocycles. The fourth-order valence-corrected chi connectivity index (χ4v) is 2.97. The van der Waals surface area contributed by atoms with E-state index in [0.717, 1.165) is 19.8 Å². The van der Waals surface area contributed by atoms with Crippen LogP contribution in [0, 0.1) is 0 Å². The summed E-state index contributed by atoms with van der Waals surface area (Å²) in [5.41, 5.74) is 7.37. The van der Waals surface area contributed by atoms with Crippen LogP contribution in [-0.4, -0.2) is 36.2 Å². The van der Waals surface area contributed by atoms with Crippen molar-refractivity contribution in [3.63, 3.8) is 0 Å². The Bertz CT molecular complexity index is 351. The highest BCUT2D eigenvalue weighted by Crippen LogP contribution is 2.34. The standard InChI is InChI=1S/C14H24N2OS/c1-3-17-11-14(2,10-15)16(13-4-5-13)8-12-6-7-18-9-12/h6-7,9,13H,3-5,8,10-11,15H2,1-2H3. The maximum Gasteiger partial charge on any atom is 0.0660 e. The molecule has 1 atom stereocenters. The molecule has 0 radical (unpaired) electrons. The van der Waals surface area contributed by atoms with Gasteiger partial charge < -0.3 is 10.5 Å². The van der Waals surface area contributed by atoms with Gasteiger partial charge in [0.25, 0.3) is 0 Å². The van der Waals surface area contributed by atoms with Crippen LogP contribution in [-0.2, 0) is 11.3 Å². The highest BCUT2D eigenvalue weighted by molar-refractivity contribution is 7.07. The minimum Gasteiger partial charge on any atom is -0.380 e. The summed E-state index contributed by atoms with van der Waals surface area (Å²) < 4.78 is 5.65. The topological polar surface area (TPSA) is 38.5 Å². The Kier molecular flexibility index (Phi) is 4.78. The van der Waals surface area contributed by atoms with Crippen molar-refractivity contribution in [2.75, 3.05) is 19.8 Å². The quantitative estimate of drug-likeness (QED) is 0.787. The van der Waals surface area contributed by atoms with Gasteiger partial charge in [-0.25, -0.2) is 0 Å². The second-order valence-corrected chi connectivity index (χ2v) is 6.11. The zero-order chi connectivity index (χ0) is 13.0. The summed E-state index contributed by atoms with van der Waals surface area (Å²) >= 11 is 1.76. The van der Waals surface area contributed by atoms with Gasteiger partial charge in [0.15, 0.2) is 0 Å². The van der Waals surface area contributed by atoms with Gasteiger partial charge in [0, 0.05) is 25.7 Å². The number of hydrogen-bond acceptors (Lipinski definition) is 4. The summed E-state index contributed by atoms with van der Waals surface area (Å²) in [6.45, 7) is 7.39. The van der Waals surface area contributed by atoms with Gasteiger partial charge >= 0.3 is 0 Å². The molecule has 1 aliphatic carbocycles. The molecule has 3 nitrogen and oxygen atoms in total. The lowest BCUT2D eigenvalue weighted by Gasteiger charge is -2.40. The summed E-state index contributed by atoms with van der Waals surface area (Å²) in [5, 5.41) is 4.37. The molecule has 102 valence electrons. The van der Waals surface area contributed by atoms with Crippen LogP contribution in [0.2, 0.25) is 0 Å². The van der Waals surface area contributed by atoms with E-state index in [4.69, 9.17) is 10.5 Å². The molecule has 0 amide bonds. The number of thiophene rings is 1. The number of nitrogens with two attached hydrogens (primary N) is 1. The van der Waals surface area contributed by atoms with Gasteiger partial charge in [0.2, 0.25) is 0 Å². The van der Waals surface area contributed by atoms with Crippen LogP contribution in [0.25, 0.3) is 0 Å². The van der Waals surface area contributed by atoms with Crippen LogP contribution in [0.3, 0.4) is 0 Å². The molecule has 1 saturated carbocycles. The van der Waals surface area contributed by atoms with Gasteiger partial charge in [-0.3, -0.25) is 4.90 Å². The molecule has 2 rings (SSSR count). The highest BCUT2D eigenvalue weighted by Gasteiger charge is 2.40. The minimum absolute atomic E-state index is 0.0425. The predicted molar refractivity (Wildman–Crippen MR) is 76.8 cm³/mol. The maximum absolute atomic E-state index is 6.02. The first-order chi connectivity index (χ1) is 8.69. The Morgan fingerprint density at radius 3 is 2.83 bits per heavy atom. The summed E-state index contributed by atoms with van der Waals surface area (Å²) in [6, 6.07) is 2.90. The van der Waals surface area contributed by atoms with E-state index in [1.54, 1.807) is 11.3 Å². The van der Waals surface area contributed by atoms with Crippen LogP contribution in [0.15, 0.2) is 16.8 Å². The van der Waals surface area contributed by atoms with Crippen molar-refractivity contribution in [1.82, 2.24) is 4.90 Å². The van der Waals surface area contributed by atoms with Crippen molar-refractivity contribution in [3.8, 4) is 0 Å². The maximum atomic E-state index is 6.02. The largest absolute Gasteiger partial charge is 0.380 e. The van der Waals surface area contributed by atoms with E-state index in [9.17, 15) is 0 Å². The molecule has 1 heterocycles. The SMILES string of the molecule is CCOCC(C)(CN)N(Cc1ccsc1)C1CC1. The molecule has 1 aromatic heterocycles. The van der Waals surface area contributed by atoms with Crippen LogP contribution >= 0.6 is 11.3 Å². The van der Waals surface area contributed by atoms with E-state index < -0.39 is 0 Å². The first-order valence-corrected chi connectivity index (χ1v) is 7.69. The second-order valence-electron chi connectivity index (χ2n) is 5.33. The van der Waals surface area contributed by atoms with E-state index in [1.807, 2.05) is 6.92 Å². The van der Waals surface area contributed by atoms with Crippen LogP contribution in [0.4, 0.5) is 0 Å². The Labute approximate surface area is 114 Å². The van der Waals surface area contributed by atoms with Crippen molar-refractivity contribution in [2.24, 2.45) is 5.73 Å². The third kappa shape index (κ3) is 3.32. The van der Waals surface area contributed by atoms with Gasteiger partial charge in [-0.15, -0.1) is 0 Å². The molecular formula is C14H24N2OS. The molecule has 1 aromatic rings. The van der Waals surface area contributed by atoms with Crippen LogP contribution in [0.5, 0.6) is 0 Å². The van der Waals surface area contributed by atoms with Crippen molar-refractivity contribution in [1.29, 1.82) is 0 Å². The Morgan fingerprint density at radius 2 is 2.33 bits per heavy atom. The Morgan fingerprint density at radius 1 is 1.56 bits per heavy atom. The van der Waals surface area contributed by atoms with E-state index in [2.05, 4.69) is 28.7 Å². The number of nitrogens with zero attached hydrogens (tertiary/aromatic N) is 1. The van der Waals surface area contributed by atoms with Crippen LogP contribution < -0.4 is 5.73 Å². The average molecular weight is 268 g/mol. The molecule has 0 saturated heterocycles. The molecule has 1 unspecified atom stereocenters. The van der Waals surface area contributed by atoms with E-state index in [0.29, 0.717) is 12.6 Å². The monoisotopic (exact) mass is 268 g/mol. The van der Waals surface area contributed by atoms with Gasteiger partial charge in [0.05, 0.1) is 12.1 Å². The van der Waals surface area contributed by atoms with Gasteiger partial charge in [-0.1, -0.05) is 0 Å². The summed E-state index contributed by atoms with van der Waals surface area (Å²) in [4.78, 5) is 2.55. The van der Waals surface area contributed by atoms with Gasteiger partial charge in [-0.05, 0) is 49.1 Å². The van der Waals surface area contributed by atoms with E-state index in [-0.39, 0.29) is 5.54 Å². The predicted octanol–water partition coefficient (Wildman–Crippen LogP) is 2.47. The average Bonchev–Trinajstić information content (AvgIpc) is 3.10. The lowest BCUT2D eigenvalue weighted by atomic mass is 10.00. The van der Waals surface area contributed by atoms with Crippen molar-refractivity contribution >= 4 is 11.3 Å². The molecule has 0 bridgehead atoms. The number of ether oxygens (including phenoxy) is 1. The third-order valence-corrected chi connectivity index (χ3v) is 4.40. The lowest BCUT2D eigenvalue weighted by Crippen LogP contribution is -2.55. The Hall–Kier alpha value is -0.420. The van der Waals surface area contributed by atoms with Crippen molar-refractivity contribution in [3.05, 3.63) is 22.4 Å². The molecular weight excluding hydrogens is 244 g/mol. The van der Waals surface area contributed by atoms with Gasteiger partial charge in [-0.2, -0.15) is 11.3 Å². The number of hydrogen-bond donors (Lipinski definition) is 1. The van der Waals surface area contributed by atoms with Crippen LogP contribution in [0.1, 0.15) is 32.3 Å². The molecule has 0 aromatic carbocycles. The molecule has 1 fully saturated rings. The summed E-state index contributed by atoms with van der Waals surface area (Å²) in [5.74, 6) is 0. The normalized spacial score (nSPS) is 19.1. The number of rotatable bonds is 8. The first-order valence-electron chi connectivity index (χ1n) is 6.75. The highest BCUT2D eigenvalue weighted by atomic mass is 32.1. The Balaban J connectivity index is 2.06. The summed E-state index contributed by atoms with van der Waals surface area (Å²) in [6.07, 6.45) is 2.59. The third-order valence-electron chi connectivity index (χ3n) is 3.67. The minimum atomic E-state index is -0.0425. The molecule has 1 aliphatic rings. The smallest absolute Gasteiger partial charge is 0.0660 e. The lowest BCUT2D eigenvalue weighted by molar-refractivity contribution is 0.000575. The fraction of sp³-hybridized carbons (Fsp3) is 0.714. The molecule has 4 heteroatoms. The zero-order valence-electron chi connectivity index (χ0n) is 11.4. The zero-order valence-corrected chi connectivity index (χ0v) is 12.2.